The number of esters is 1. The van der Waals surface area contributed by atoms with E-state index in [0.29, 0.717) is 5.75 Å². The predicted octanol–water partition coefficient (Wildman–Crippen LogP) is 3.89. The highest BCUT2D eigenvalue weighted by Gasteiger charge is 2.15. The average Bonchev–Trinajstić information content (AvgIpc) is 2.94. The summed E-state index contributed by atoms with van der Waals surface area (Å²) in [5.74, 6) is -0.428. The summed E-state index contributed by atoms with van der Waals surface area (Å²) in [6.45, 7) is 0. The Kier molecular flexibility index (Phi) is 3.31. The molecule has 1 aromatic heterocycles. The molecule has 0 amide bonds. The zero-order chi connectivity index (χ0) is 14.8. The first kappa shape index (κ1) is 13.2. The summed E-state index contributed by atoms with van der Waals surface area (Å²) in [5.41, 5.74) is 1.14. The number of methoxy groups -OCH3 is 1. The van der Waals surface area contributed by atoms with Gasteiger partial charge in [0.25, 0.3) is 0 Å². The van der Waals surface area contributed by atoms with Crippen LogP contribution in [-0.4, -0.2) is 18.1 Å². The Morgan fingerprint density at radius 3 is 2.81 bits per heavy atom. The molecule has 3 aromatic rings. The van der Waals surface area contributed by atoms with E-state index in [1.807, 2.05) is 18.3 Å². The van der Waals surface area contributed by atoms with Crippen LogP contribution in [0.15, 0.2) is 48.7 Å². The Labute approximate surface area is 120 Å². The highest BCUT2D eigenvalue weighted by atomic mass is 19.1. The van der Waals surface area contributed by atoms with Gasteiger partial charge in [0.05, 0.1) is 7.11 Å². The number of hydrogen-bond acceptors (Lipinski definition) is 3. The molecule has 0 aliphatic rings. The van der Waals surface area contributed by atoms with E-state index in [-0.39, 0.29) is 11.3 Å². The fourth-order valence-electron chi connectivity index (χ4n) is 2.08. The molecule has 21 heavy (non-hydrogen) atoms. The number of carbonyl (C=O) groups excluding carboxylic acids is 1. The van der Waals surface area contributed by atoms with E-state index in [0.717, 1.165) is 17.0 Å². The number of benzene rings is 2. The largest absolute Gasteiger partial charge is 0.465 e. The van der Waals surface area contributed by atoms with Crippen molar-refractivity contribution in [1.82, 2.24) is 4.98 Å². The van der Waals surface area contributed by atoms with Crippen LogP contribution in [0.25, 0.3) is 10.9 Å². The molecule has 0 fully saturated rings. The molecule has 1 N–H and O–H groups in total. The van der Waals surface area contributed by atoms with Crippen molar-refractivity contribution in [2.24, 2.45) is 0 Å². The minimum atomic E-state index is -0.576. The molecule has 0 aliphatic heterocycles. The molecule has 0 radical (unpaired) electrons. The normalized spacial score (nSPS) is 10.6. The van der Waals surface area contributed by atoms with Gasteiger partial charge < -0.3 is 14.5 Å². The second-order valence-corrected chi connectivity index (χ2v) is 4.46. The van der Waals surface area contributed by atoms with Crippen LogP contribution in [0, 0.1) is 5.82 Å². The van der Waals surface area contributed by atoms with E-state index in [4.69, 9.17) is 4.74 Å². The summed E-state index contributed by atoms with van der Waals surface area (Å²) in [6.07, 6.45) is 1.82. The molecule has 0 saturated heterocycles. The van der Waals surface area contributed by atoms with Crippen molar-refractivity contribution in [3.8, 4) is 11.5 Å². The second-order valence-electron chi connectivity index (χ2n) is 4.46. The van der Waals surface area contributed by atoms with E-state index >= 15 is 0 Å². The van der Waals surface area contributed by atoms with Gasteiger partial charge in [-0.3, -0.25) is 0 Å². The highest BCUT2D eigenvalue weighted by Crippen LogP contribution is 2.29. The Bertz CT molecular complexity index is 810. The van der Waals surface area contributed by atoms with Crippen molar-refractivity contribution in [3.63, 3.8) is 0 Å². The molecule has 0 aliphatic carbocycles. The van der Waals surface area contributed by atoms with Crippen molar-refractivity contribution < 1.29 is 18.7 Å². The fourth-order valence-corrected chi connectivity index (χ4v) is 2.08. The first-order valence-corrected chi connectivity index (χ1v) is 6.30. The van der Waals surface area contributed by atoms with Gasteiger partial charge in [-0.1, -0.05) is 0 Å². The Balaban J connectivity index is 1.99. The van der Waals surface area contributed by atoms with E-state index in [1.165, 1.54) is 19.2 Å². The van der Waals surface area contributed by atoms with Gasteiger partial charge in [0, 0.05) is 23.2 Å². The molecular formula is C16H12FNO3. The van der Waals surface area contributed by atoms with Crippen LogP contribution >= 0.6 is 0 Å². The Morgan fingerprint density at radius 1 is 1.14 bits per heavy atom. The molecule has 3 rings (SSSR count). The minimum Gasteiger partial charge on any atom is -0.465 e. The lowest BCUT2D eigenvalue weighted by atomic mass is 10.2. The van der Waals surface area contributed by atoms with Gasteiger partial charge in [0.1, 0.15) is 22.9 Å². The molecule has 5 heteroatoms. The van der Waals surface area contributed by atoms with Gasteiger partial charge in [-0.25, -0.2) is 9.18 Å². The lowest BCUT2D eigenvalue weighted by Crippen LogP contribution is -2.04. The molecule has 0 saturated carbocycles. The first-order chi connectivity index (χ1) is 10.2. The summed E-state index contributed by atoms with van der Waals surface area (Å²) >= 11 is 0. The van der Waals surface area contributed by atoms with Gasteiger partial charge in [-0.05, 0) is 36.4 Å². The Morgan fingerprint density at radius 2 is 2.00 bits per heavy atom. The molecule has 1 heterocycles. The molecule has 0 atom stereocenters. The molecule has 106 valence electrons. The van der Waals surface area contributed by atoms with E-state index < -0.39 is 11.8 Å². The van der Waals surface area contributed by atoms with Crippen molar-refractivity contribution in [3.05, 3.63) is 60.0 Å². The van der Waals surface area contributed by atoms with E-state index in [1.54, 1.807) is 12.1 Å². The summed E-state index contributed by atoms with van der Waals surface area (Å²) < 4.78 is 23.7. The fraction of sp³-hybridized carbons (Fsp3) is 0.0625. The van der Waals surface area contributed by atoms with Crippen LogP contribution in [0.3, 0.4) is 0 Å². The maximum Gasteiger partial charge on any atom is 0.341 e. The first-order valence-electron chi connectivity index (χ1n) is 6.30. The average molecular weight is 285 g/mol. The summed E-state index contributed by atoms with van der Waals surface area (Å²) in [7, 11) is 1.27. The van der Waals surface area contributed by atoms with Crippen molar-refractivity contribution in [2.75, 3.05) is 7.11 Å². The summed E-state index contributed by atoms with van der Waals surface area (Å²) in [4.78, 5) is 14.7. The van der Waals surface area contributed by atoms with Crippen molar-refractivity contribution in [2.45, 2.75) is 0 Å². The number of carbonyl (C=O) groups is 1. The zero-order valence-electron chi connectivity index (χ0n) is 11.2. The molecule has 2 aromatic carbocycles. The molecule has 4 nitrogen and oxygen atoms in total. The topological polar surface area (TPSA) is 51.3 Å². The summed E-state index contributed by atoms with van der Waals surface area (Å²) in [6, 6.07) is 11.0. The Hall–Kier alpha value is -2.82. The maximum atomic E-state index is 13.4. The number of hydrogen-bond donors (Lipinski definition) is 1. The zero-order valence-corrected chi connectivity index (χ0v) is 11.2. The number of rotatable bonds is 3. The van der Waals surface area contributed by atoms with E-state index in [9.17, 15) is 9.18 Å². The minimum absolute atomic E-state index is 0.122. The number of H-pyrrole nitrogens is 1. The van der Waals surface area contributed by atoms with Crippen LogP contribution < -0.4 is 4.74 Å². The monoisotopic (exact) mass is 285 g/mol. The molecule has 0 unspecified atom stereocenters. The van der Waals surface area contributed by atoms with Crippen LogP contribution in [-0.2, 0) is 4.74 Å². The van der Waals surface area contributed by atoms with Gasteiger partial charge in [-0.15, -0.1) is 0 Å². The van der Waals surface area contributed by atoms with Crippen LogP contribution in [0.5, 0.6) is 11.5 Å². The molecular weight excluding hydrogens is 273 g/mol. The van der Waals surface area contributed by atoms with Gasteiger partial charge in [-0.2, -0.15) is 0 Å². The lowest BCUT2D eigenvalue weighted by Gasteiger charge is -2.10. The van der Waals surface area contributed by atoms with Gasteiger partial charge >= 0.3 is 5.97 Å². The number of nitrogens with one attached hydrogen (secondary N) is 1. The number of halogens is 1. The van der Waals surface area contributed by atoms with Crippen molar-refractivity contribution in [1.29, 1.82) is 0 Å². The third-order valence-electron chi connectivity index (χ3n) is 3.10. The van der Waals surface area contributed by atoms with Crippen molar-refractivity contribution >= 4 is 16.9 Å². The highest BCUT2D eigenvalue weighted by molar-refractivity contribution is 5.92. The molecule has 0 spiro atoms. The number of fused-ring (bicyclic) bond motifs is 1. The lowest BCUT2D eigenvalue weighted by molar-refractivity contribution is 0.0598. The second kappa shape index (κ2) is 5.28. The van der Waals surface area contributed by atoms with Gasteiger partial charge in [0.15, 0.2) is 0 Å². The molecule has 0 bridgehead atoms. The third-order valence-corrected chi connectivity index (χ3v) is 3.10. The van der Waals surface area contributed by atoms with Crippen LogP contribution in [0.1, 0.15) is 10.4 Å². The summed E-state index contributed by atoms with van der Waals surface area (Å²) in [5, 5.41) is 0.962. The van der Waals surface area contributed by atoms with E-state index in [2.05, 4.69) is 9.72 Å². The third kappa shape index (κ3) is 2.58. The van der Waals surface area contributed by atoms with Crippen LogP contribution in [0.4, 0.5) is 4.39 Å². The number of ether oxygens (including phenoxy) is 2. The quantitative estimate of drug-likeness (QED) is 0.743. The maximum absolute atomic E-state index is 13.4. The predicted molar refractivity (Wildman–Crippen MR) is 76.1 cm³/mol. The standard InChI is InChI=1S/C16H12FNO3/c1-20-16(19)13-4-2-11(17)9-15(13)21-12-3-5-14-10(8-12)6-7-18-14/h2-9,18H,1H3. The number of aromatic amines is 1. The smallest absolute Gasteiger partial charge is 0.341 e. The van der Waals surface area contributed by atoms with Crippen LogP contribution in [0.2, 0.25) is 0 Å². The van der Waals surface area contributed by atoms with Gasteiger partial charge in [0.2, 0.25) is 0 Å². The SMILES string of the molecule is COC(=O)c1ccc(F)cc1Oc1ccc2[nH]ccc2c1. The number of aromatic nitrogens is 1.